The molecule has 1 nitrogen and oxygen atoms in total. The normalized spacial score (nSPS) is 26.6. The van der Waals surface area contributed by atoms with Crippen molar-refractivity contribution < 1.29 is 0 Å². The van der Waals surface area contributed by atoms with Gasteiger partial charge in [-0.15, -0.1) is 0 Å². The Labute approximate surface area is 129 Å². The van der Waals surface area contributed by atoms with Crippen molar-refractivity contribution in [1.82, 2.24) is 4.90 Å². The minimum absolute atomic E-state index is 0.314. The van der Waals surface area contributed by atoms with Gasteiger partial charge in [-0.3, -0.25) is 4.90 Å². The van der Waals surface area contributed by atoms with Crippen LogP contribution in [0.15, 0.2) is 60.7 Å². The highest BCUT2D eigenvalue weighted by Crippen LogP contribution is 2.37. The van der Waals surface area contributed by atoms with Gasteiger partial charge in [0.25, 0.3) is 0 Å². The molecule has 0 bridgehead atoms. The molecule has 0 saturated carbocycles. The number of likely N-dealkylation sites (tertiary alicyclic amines) is 1. The van der Waals surface area contributed by atoms with Crippen LogP contribution in [0.3, 0.4) is 0 Å². The molecule has 0 spiro atoms. The van der Waals surface area contributed by atoms with E-state index in [9.17, 15) is 0 Å². The number of nitrogens with zero attached hydrogens (tertiary/aromatic N) is 1. The Morgan fingerprint density at radius 3 is 2.29 bits per heavy atom. The van der Waals surface area contributed by atoms with Gasteiger partial charge < -0.3 is 0 Å². The first-order chi connectivity index (χ1) is 10.2. The molecule has 2 unspecified atom stereocenters. The molecule has 1 aliphatic heterocycles. The average molecular weight is 277 g/mol. The van der Waals surface area contributed by atoms with Crippen molar-refractivity contribution in [2.45, 2.75) is 25.2 Å². The van der Waals surface area contributed by atoms with Crippen molar-refractivity contribution in [3.63, 3.8) is 0 Å². The zero-order valence-electron chi connectivity index (χ0n) is 13.1. The second-order valence-corrected chi connectivity index (χ2v) is 6.66. The maximum Gasteiger partial charge on any atom is 0.115 e. The summed E-state index contributed by atoms with van der Waals surface area (Å²) in [5.41, 5.74) is 2.92. The number of hydrogen-bond donors (Lipinski definition) is 0. The molecule has 2 aromatic carbocycles. The molecule has 108 valence electrons. The van der Waals surface area contributed by atoms with Crippen LogP contribution >= 0.6 is 0 Å². The van der Waals surface area contributed by atoms with Gasteiger partial charge in [0.2, 0.25) is 0 Å². The van der Waals surface area contributed by atoms with E-state index in [2.05, 4.69) is 80.3 Å². The quantitative estimate of drug-likeness (QED) is 0.779. The van der Waals surface area contributed by atoms with Gasteiger partial charge in [0.1, 0.15) is 7.85 Å². The van der Waals surface area contributed by atoms with Gasteiger partial charge in [0.05, 0.1) is 0 Å². The van der Waals surface area contributed by atoms with E-state index in [1.807, 2.05) is 0 Å². The third-order valence-electron chi connectivity index (χ3n) is 5.25. The maximum atomic E-state index is 2.60. The Hall–Kier alpha value is -1.54. The van der Waals surface area contributed by atoms with E-state index in [-0.39, 0.29) is 0 Å². The van der Waals surface area contributed by atoms with Gasteiger partial charge in [-0.05, 0) is 35.3 Å². The molecule has 0 aromatic heterocycles. The molecular formula is C19H24BN. The van der Waals surface area contributed by atoms with Crippen molar-refractivity contribution in [1.29, 1.82) is 0 Å². The lowest BCUT2D eigenvalue weighted by Crippen LogP contribution is -2.48. The molecule has 3 rings (SSSR count). The SMILES string of the molecule is BC1(c2ccccc2)CCN(Cc2ccccc2)CC1C. The lowest BCUT2D eigenvalue weighted by Gasteiger charge is -2.45. The summed E-state index contributed by atoms with van der Waals surface area (Å²) in [5.74, 6) is 0.678. The van der Waals surface area contributed by atoms with Gasteiger partial charge in [0, 0.05) is 13.1 Å². The van der Waals surface area contributed by atoms with Crippen LogP contribution < -0.4 is 0 Å². The van der Waals surface area contributed by atoms with E-state index in [1.54, 1.807) is 0 Å². The van der Waals surface area contributed by atoms with Crippen LogP contribution in [0.2, 0.25) is 0 Å². The van der Waals surface area contributed by atoms with Crippen LogP contribution in [0.1, 0.15) is 24.5 Å². The monoisotopic (exact) mass is 277 g/mol. The topological polar surface area (TPSA) is 3.24 Å². The van der Waals surface area contributed by atoms with E-state index in [1.165, 1.54) is 30.6 Å². The molecule has 2 atom stereocenters. The van der Waals surface area contributed by atoms with Crippen LogP contribution in [0.25, 0.3) is 0 Å². The lowest BCUT2D eigenvalue weighted by atomic mass is 9.54. The molecule has 1 aliphatic rings. The molecule has 0 radical (unpaired) electrons. The minimum Gasteiger partial charge on any atom is -0.299 e. The summed E-state index contributed by atoms with van der Waals surface area (Å²) in [4.78, 5) is 2.60. The first kappa shape index (κ1) is 14.4. The summed E-state index contributed by atoms with van der Waals surface area (Å²) in [6.45, 7) is 5.85. The van der Waals surface area contributed by atoms with E-state index in [0.29, 0.717) is 11.2 Å². The molecule has 0 aliphatic carbocycles. The third kappa shape index (κ3) is 3.06. The molecular weight excluding hydrogens is 253 g/mol. The molecule has 21 heavy (non-hydrogen) atoms. The molecule has 2 aromatic rings. The number of benzene rings is 2. The summed E-state index contributed by atoms with van der Waals surface area (Å²) in [6.07, 6.45) is 1.24. The van der Waals surface area contributed by atoms with E-state index in [0.717, 1.165) is 6.54 Å². The highest BCUT2D eigenvalue weighted by atomic mass is 15.1. The van der Waals surface area contributed by atoms with Crippen LogP contribution in [-0.2, 0) is 11.9 Å². The standard InChI is InChI=1S/C19H24BN/c1-16-14-21(15-17-8-4-2-5-9-17)13-12-19(16,20)18-10-6-3-7-11-18/h2-11,16H,12-15,20H2,1H3. The van der Waals surface area contributed by atoms with Crippen LogP contribution in [-0.4, -0.2) is 25.8 Å². The minimum atomic E-state index is 0.314. The van der Waals surface area contributed by atoms with Gasteiger partial charge in [-0.2, -0.15) is 0 Å². The van der Waals surface area contributed by atoms with E-state index >= 15 is 0 Å². The second-order valence-electron chi connectivity index (χ2n) is 6.66. The fourth-order valence-corrected chi connectivity index (χ4v) is 3.55. The molecule has 0 amide bonds. The molecule has 1 heterocycles. The van der Waals surface area contributed by atoms with Gasteiger partial charge in [0.15, 0.2) is 0 Å². The maximum absolute atomic E-state index is 2.60. The summed E-state index contributed by atoms with van der Waals surface area (Å²) >= 11 is 0. The summed E-state index contributed by atoms with van der Waals surface area (Å²) in [7, 11) is 2.44. The Bertz CT molecular complexity index is 569. The molecule has 1 saturated heterocycles. The fourth-order valence-electron chi connectivity index (χ4n) is 3.55. The third-order valence-corrected chi connectivity index (χ3v) is 5.25. The molecule has 0 N–H and O–H groups in total. The summed E-state index contributed by atoms with van der Waals surface area (Å²) in [6, 6.07) is 21.9. The highest BCUT2D eigenvalue weighted by Gasteiger charge is 2.37. The molecule has 2 heteroatoms. The number of piperidine rings is 1. The van der Waals surface area contributed by atoms with Crippen molar-refractivity contribution in [3.05, 3.63) is 71.8 Å². The van der Waals surface area contributed by atoms with Crippen LogP contribution in [0.5, 0.6) is 0 Å². The zero-order valence-corrected chi connectivity index (χ0v) is 13.1. The second kappa shape index (κ2) is 6.07. The van der Waals surface area contributed by atoms with Crippen molar-refractivity contribution in [2.75, 3.05) is 13.1 Å². The zero-order chi connectivity index (χ0) is 14.7. The average Bonchev–Trinajstić information content (AvgIpc) is 2.53. The summed E-state index contributed by atoms with van der Waals surface area (Å²) < 4.78 is 0. The first-order valence-electron chi connectivity index (χ1n) is 8.00. The van der Waals surface area contributed by atoms with Gasteiger partial charge >= 0.3 is 0 Å². The summed E-state index contributed by atoms with van der Waals surface area (Å²) in [5, 5.41) is 0.314. The van der Waals surface area contributed by atoms with Gasteiger partial charge in [-0.1, -0.05) is 67.6 Å². The van der Waals surface area contributed by atoms with Crippen molar-refractivity contribution in [3.8, 4) is 0 Å². The fraction of sp³-hybridized carbons (Fsp3) is 0.368. The predicted molar refractivity (Wildman–Crippen MR) is 92.2 cm³/mol. The largest absolute Gasteiger partial charge is 0.299 e. The Morgan fingerprint density at radius 1 is 1.05 bits per heavy atom. The Balaban J connectivity index is 1.70. The highest BCUT2D eigenvalue weighted by molar-refractivity contribution is 6.16. The predicted octanol–water partition coefficient (Wildman–Crippen LogP) is 3.06. The van der Waals surface area contributed by atoms with Gasteiger partial charge in [-0.25, -0.2) is 0 Å². The Kier molecular flexibility index (Phi) is 4.16. The molecule has 1 fully saturated rings. The smallest absolute Gasteiger partial charge is 0.115 e. The number of hydrogen-bond acceptors (Lipinski definition) is 1. The van der Waals surface area contributed by atoms with Crippen LogP contribution in [0, 0.1) is 5.92 Å². The Morgan fingerprint density at radius 2 is 1.67 bits per heavy atom. The first-order valence-corrected chi connectivity index (χ1v) is 8.00. The number of rotatable bonds is 3. The lowest BCUT2D eigenvalue weighted by molar-refractivity contribution is 0.137. The van der Waals surface area contributed by atoms with Crippen LogP contribution in [0.4, 0.5) is 0 Å². The van der Waals surface area contributed by atoms with Crippen molar-refractivity contribution >= 4 is 7.85 Å². The van der Waals surface area contributed by atoms with E-state index < -0.39 is 0 Å². The van der Waals surface area contributed by atoms with E-state index in [4.69, 9.17) is 0 Å². The van der Waals surface area contributed by atoms with Crippen molar-refractivity contribution in [2.24, 2.45) is 5.92 Å².